The quantitative estimate of drug-likeness (QED) is 0.364. The summed E-state index contributed by atoms with van der Waals surface area (Å²) >= 11 is 2.15. The number of nitrogens with two attached hydrogens (primary N) is 1. The molecule has 0 unspecified atom stereocenters. The van der Waals surface area contributed by atoms with Gasteiger partial charge in [0.15, 0.2) is 0 Å². The van der Waals surface area contributed by atoms with Gasteiger partial charge in [-0.05, 0) is 65.3 Å². The Balaban J connectivity index is 2.14. The Bertz CT molecular complexity index is 887. The first-order valence-corrected chi connectivity index (χ1v) is 9.78. The van der Waals surface area contributed by atoms with Crippen LogP contribution in [0, 0.1) is 9.49 Å². The number of rotatable bonds is 1. The zero-order valence-corrected chi connectivity index (χ0v) is 17.0. The molecule has 0 fully saturated rings. The molecule has 7 nitrogen and oxygen atoms in total. The molecule has 27 heavy (non-hydrogen) atoms. The summed E-state index contributed by atoms with van der Waals surface area (Å²) in [7, 11) is 0. The summed E-state index contributed by atoms with van der Waals surface area (Å²) in [6.07, 6.45) is 2.50. The Morgan fingerprint density at radius 1 is 1.37 bits per heavy atom. The number of nitrogens with zero attached hydrogens (tertiary/aromatic N) is 1. The van der Waals surface area contributed by atoms with Gasteiger partial charge in [0.2, 0.25) is 5.91 Å². The Hall–Kier alpha value is -2.36. The minimum atomic E-state index is -1.09. The molecule has 0 saturated carbocycles. The third kappa shape index (κ3) is 4.49. The first kappa shape index (κ1) is 19.4. The van der Waals surface area contributed by atoms with Gasteiger partial charge < -0.3 is 21.5 Å². The third-order valence-corrected chi connectivity index (χ3v) is 5.65. The van der Waals surface area contributed by atoms with E-state index in [4.69, 9.17) is 5.73 Å². The number of pyridine rings is 1. The normalized spacial score (nSPS) is 19.9. The van der Waals surface area contributed by atoms with Crippen molar-refractivity contribution in [2.75, 3.05) is 11.1 Å². The Labute approximate surface area is 170 Å². The second kappa shape index (κ2) is 8.12. The van der Waals surface area contributed by atoms with Crippen molar-refractivity contribution in [3.8, 4) is 11.1 Å². The Morgan fingerprint density at radius 3 is 2.89 bits per heavy atom. The highest BCUT2D eigenvalue weighted by Crippen LogP contribution is 2.35. The maximum Gasteiger partial charge on any atom is 0.405 e. The lowest BCUT2D eigenvalue weighted by atomic mass is 9.95. The average Bonchev–Trinajstić information content (AvgIpc) is 2.62. The van der Waals surface area contributed by atoms with Crippen LogP contribution in [0.15, 0.2) is 30.5 Å². The van der Waals surface area contributed by atoms with Crippen molar-refractivity contribution in [1.29, 1.82) is 0 Å². The van der Waals surface area contributed by atoms with Crippen LogP contribution >= 0.6 is 22.6 Å². The monoisotopic (exact) mass is 480 g/mol. The lowest BCUT2D eigenvalue weighted by Gasteiger charge is -2.21. The number of hydrogen-bond donors (Lipinski definition) is 4. The van der Waals surface area contributed by atoms with Crippen molar-refractivity contribution >= 4 is 46.0 Å². The molecule has 0 aliphatic carbocycles. The van der Waals surface area contributed by atoms with Crippen molar-refractivity contribution < 1.29 is 14.7 Å². The topological polar surface area (TPSA) is 117 Å². The zero-order valence-electron chi connectivity index (χ0n) is 14.8. The summed E-state index contributed by atoms with van der Waals surface area (Å²) in [6.45, 7) is 1.87. The minimum Gasteiger partial charge on any atom is -0.465 e. The maximum atomic E-state index is 12.6. The van der Waals surface area contributed by atoms with Crippen LogP contribution < -0.4 is 16.4 Å². The number of fused-ring (bicyclic) bond motifs is 4. The zero-order chi connectivity index (χ0) is 19.6. The SMILES string of the molecule is C[C@@H]1CCC[C@H](NC(=O)O)c2cc(ccn2)-c2cc(I)c(N)cc2NC1=O. The number of nitrogen functional groups attached to an aromatic ring is 1. The van der Waals surface area contributed by atoms with Gasteiger partial charge in [-0.3, -0.25) is 9.78 Å². The van der Waals surface area contributed by atoms with Gasteiger partial charge in [-0.1, -0.05) is 13.3 Å². The summed E-state index contributed by atoms with van der Waals surface area (Å²) in [5.74, 6) is -0.274. The van der Waals surface area contributed by atoms with Gasteiger partial charge in [0.25, 0.3) is 0 Å². The van der Waals surface area contributed by atoms with Crippen molar-refractivity contribution in [3.05, 3.63) is 39.7 Å². The fraction of sp³-hybridized carbons (Fsp3) is 0.316. The molecular formula is C19H21IN4O3. The number of carbonyl (C=O) groups excluding carboxylic acids is 1. The molecule has 0 saturated heterocycles. The van der Waals surface area contributed by atoms with Crippen LogP contribution in [0.4, 0.5) is 16.2 Å². The van der Waals surface area contributed by atoms with Crippen molar-refractivity contribution in [2.45, 2.75) is 32.2 Å². The highest BCUT2D eigenvalue weighted by Gasteiger charge is 2.21. The van der Waals surface area contributed by atoms with Gasteiger partial charge in [0, 0.05) is 26.9 Å². The molecule has 8 heteroatoms. The molecule has 5 N–H and O–H groups in total. The predicted molar refractivity (Wildman–Crippen MR) is 112 cm³/mol. The second-order valence-corrected chi connectivity index (χ2v) is 7.87. The predicted octanol–water partition coefficient (Wildman–Crippen LogP) is 4.00. The lowest BCUT2D eigenvalue weighted by molar-refractivity contribution is -0.119. The van der Waals surface area contributed by atoms with E-state index in [0.29, 0.717) is 36.3 Å². The van der Waals surface area contributed by atoms with Gasteiger partial charge in [0.1, 0.15) is 0 Å². The summed E-state index contributed by atoms with van der Waals surface area (Å²) < 4.78 is 0.874. The van der Waals surface area contributed by atoms with Gasteiger partial charge in [-0.25, -0.2) is 4.79 Å². The number of amides is 2. The number of benzene rings is 1. The minimum absolute atomic E-state index is 0.0746. The van der Waals surface area contributed by atoms with Crippen LogP contribution in [-0.4, -0.2) is 22.1 Å². The van der Waals surface area contributed by atoms with E-state index in [1.165, 1.54) is 0 Å². The van der Waals surface area contributed by atoms with E-state index in [-0.39, 0.29) is 11.8 Å². The van der Waals surface area contributed by atoms with Crippen LogP contribution in [0.3, 0.4) is 0 Å². The highest BCUT2D eigenvalue weighted by molar-refractivity contribution is 14.1. The number of hydrogen-bond acceptors (Lipinski definition) is 4. The van der Waals surface area contributed by atoms with E-state index in [1.807, 2.05) is 25.1 Å². The van der Waals surface area contributed by atoms with Crippen LogP contribution in [0.5, 0.6) is 0 Å². The van der Waals surface area contributed by atoms with E-state index in [1.54, 1.807) is 12.3 Å². The van der Waals surface area contributed by atoms with E-state index in [9.17, 15) is 14.7 Å². The van der Waals surface area contributed by atoms with Crippen molar-refractivity contribution in [2.24, 2.45) is 5.92 Å². The van der Waals surface area contributed by atoms with Crippen LogP contribution in [0.1, 0.15) is 37.9 Å². The Morgan fingerprint density at radius 2 is 2.15 bits per heavy atom. The van der Waals surface area contributed by atoms with Crippen LogP contribution in [0.25, 0.3) is 11.1 Å². The van der Waals surface area contributed by atoms with Gasteiger partial charge >= 0.3 is 6.09 Å². The molecule has 2 aromatic rings. The number of anilines is 2. The average molecular weight is 480 g/mol. The van der Waals surface area contributed by atoms with E-state index >= 15 is 0 Å². The standard InChI is InChI=1S/C19H21IN4O3/c1-10-3-2-4-15(24-19(26)27)17-7-11(5-6-22-17)12-8-13(20)14(21)9-16(12)23-18(10)25/h5-10,15,24H,2-4,21H2,1H3,(H,23,25)(H,26,27)/t10-,15+/m1/s1. The molecule has 3 rings (SSSR count). The third-order valence-electron chi connectivity index (χ3n) is 4.72. The Kier molecular flexibility index (Phi) is 5.83. The first-order valence-electron chi connectivity index (χ1n) is 8.71. The van der Waals surface area contributed by atoms with Crippen molar-refractivity contribution in [1.82, 2.24) is 10.3 Å². The number of aromatic nitrogens is 1. The number of carboxylic acid groups (broad SMARTS) is 1. The number of halogens is 1. The molecule has 2 heterocycles. The second-order valence-electron chi connectivity index (χ2n) is 6.71. The van der Waals surface area contributed by atoms with E-state index in [2.05, 4.69) is 38.2 Å². The fourth-order valence-electron chi connectivity index (χ4n) is 3.20. The molecule has 1 aromatic carbocycles. The maximum absolute atomic E-state index is 12.6. The molecule has 142 valence electrons. The number of nitrogens with one attached hydrogen (secondary N) is 2. The summed E-state index contributed by atoms with van der Waals surface area (Å²) in [4.78, 5) is 28.2. The smallest absolute Gasteiger partial charge is 0.405 e. The van der Waals surface area contributed by atoms with Crippen molar-refractivity contribution in [3.63, 3.8) is 0 Å². The first-order chi connectivity index (χ1) is 12.8. The van der Waals surface area contributed by atoms with E-state index < -0.39 is 12.1 Å². The molecule has 1 aromatic heterocycles. The fourth-order valence-corrected chi connectivity index (χ4v) is 3.66. The highest BCUT2D eigenvalue weighted by atomic mass is 127. The van der Waals surface area contributed by atoms with Crippen LogP contribution in [-0.2, 0) is 4.79 Å². The van der Waals surface area contributed by atoms with E-state index in [0.717, 1.165) is 14.7 Å². The molecule has 1 aliphatic heterocycles. The molecule has 1 aliphatic rings. The van der Waals surface area contributed by atoms with Gasteiger partial charge in [0.05, 0.1) is 17.4 Å². The van der Waals surface area contributed by atoms with Gasteiger partial charge in [-0.15, -0.1) is 0 Å². The molecule has 2 atom stereocenters. The molecule has 0 spiro atoms. The van der Waals surface area contributed by atoms with Gasteiger partial charge in [-0.2, -0.15) is 0 Å². The number of carbonyl (C=O) groups is 2. The molecule has 2 amide bonds. The summed E-state index contributed by atoms with van der Waals surface area (Å²) in [6, 6.07) is 6.96. The lowest BCUT2D eigenvalue weighted by Crippen LogP contribution is -2.28. The summed E-state index contributed by atoms with van der Waals surface area (Å²) in [5.41, 5.74) is 9.62. The molecule has 2 bridgehead atoms. The largest absolute Gasteiger partial charge is 0.465 e. The molecule has 0 radical (unpaired) electrons. The molecular weight excluding hydrogens is 459 g/mol. The van der Waals surface area contributed by atoms with Crippen LogP contribution in [0.2, 0.25) is 0 Å². The summed E-state index contributed by atoms with van der Waals surface area (Å²) in [5, 5.41) is 14.7.